The zero-order valence-corrected chi connectivity index (χ0v) is 4.78. The first-order valence-corrected chi connectivity index (χ1v) is 2.63. The molecule has 8 heavy (non-hydrogen) atoms. The first-order chi connectivity index (χ1) is 3.70. The van der Waals surface area contributed by atoms with Crippen molar-refractivity contribution in [1.82, 2.24) is 5.32 Å². The maximum atomic E-state index is 7.13. The molecule has 0 radical (unpaired) electrons. The van der Waals surface area contributed by atoms with Crippen LogP contribution in [0.4, 0.5) is 0 Å². The van der Waals surface area contributed by atoms with Crippen molar-refractivity contribution in [2.24, 2.45) is 5.92 Å². The summed E-state index contributed by atoms with van der Waals surface area (Å²) in [7, 11) is 0. The lowest BCUT2D eigenvalue weighted by atomic mass is 10.1. The second-order valence-corrected chi connectivity index (χ2v) is 2.12. The van der Waals surface area contributed by atoms with E-state index in [1.165, 1.54) is 0 Å². The molecule has 1 unspecified atom stereocenters. The van der Waals surface area contributed by atoms with Gasteiger partial charge in [0.2, 0.25) is 0 Å². The molecule has 0 spiro atoms. The van der Waals surface area contributed by atoms with Crippen molar-refractivity contribution in [2.75, 3.05) is 0 Å². The van der Waals surface area contributed by atoms with Crippen LogP contribution in [-0.2, 0) is 0 Å². The van der Waals surface area contributed by atoms with Crippen molar-refractivity contribution in [2.45, 2.75) is 13.3 Å². The van der Waals surface area contributed by atoms with Crippen LogP contribution in [0, 0.1) is 16.7 Å². The highest BCUT2D eigenvalue weighted by molar-refractivity contribution is 6.05. The van der Waals surface area contributed by atoms with E-state index in [0.29, 0.717) is 18.1 Å². The molecular weight excluding hydrogens is 102 g/mol. The first-order valence-electron chi connectivity index (χ1n) is 2.63. The fourth-order valence-electron chi connectivity index (χ4n) is 0.745. The Hall–Kier alpha value is -0.860. The van der Waals surface area contributed by atoms with Crippen molar-refractivity contribution in [3.05, 3.63) is 0 Å². The topological polar surface area (TPSA) is 59.7 Å². The Morgan fingerprint density at radius 2 is 2.25 bits per heavy atom. The van der Waals surface area contributed by atoms with Gasteiger partial charge in [-0.25, -0.2) is 0 Å². The Morgan fingerprint density at radius 1 is 1.62 bits per heavy atom. The molecule has 1 rings (SSSR count). The van der Waals surface area contributed by atoms with Gasteiger partial charge in [-0.05, 0) is 0 Å². The van der Waals surface area contributed by atoms with E-state index in [9.17, 15) is 0 Å². The fraction of sp³-hybridized carbons (Fsp3) is 0.600. The zero-order valence-electron chi connectivity index (χ0n) is 4.78. The van der Waals surface area contributed by atoms with Crippen molar-refractivity contribution in [1.29, 1.82) is 10.8 Å². The summed E-state index contributed by atoms with van der Waals surface area (Å²) in [4.78, 5) is 0. The third kappa shape index (κ3) is 0.710. The van der Waals surface area contributed by atoms with E-state index in [1.807, 2.05) is 6.92 Å². The standard InChI is InChI=1S/C5H9N3/c1-3-2-4(6)8-5(3)7/h3H,2H2,1H3,(H3,6,7,8). The molecule has 1 saturated heterocycles. The average molecular weight is 111 g/mol. The number of amidine groups is 2. The minimum Gasteiger partial charge on any atom is -0.333 e. The van der Waals surface area contributed by atoms with Crippen LogP contribution >= 0.6 is 0 Å². The lowest BCUT2D eigenvalue weighted by Gasteiger charge is -1.93. The van der Waals surface area contributed by atoms with Gasteiger partial charge in [-0.2, -0.15) is 0 Å². The molecule has 0 aromatic heterocycles. The molecule has 3 N–H and O–H groups in total. The minimum atomic E-state index is 0.238. The zero-order chi connectivity index (χ0) is 6.15. The number of nitrogens with one attached hydrogen (secondary N) is 3. The molecule has 3 nitrogen and oxygen atoms in total. The molecule has 0 amide bonds. The number of hydrogen-bond acceptors (Lipinski definition) is 2. The summed E-state index contributed by atoms with van der Waals surface area (Å²) < 4.78 is 0. The Morgan fingerprint density at radius 3 is 2.38 bits per heavy atom. The molecule has 1 aliphatic heterocycles. The number of hydrogen-bond donors (Lipinski definition) is 3. The largest absolute Gasteiger partial charge is 0.333 e. The van der Waals surface area contributed by atoms with Gasteiger partial charge in [0.25, 0.3) is 0 Å². The van der Waals surface area contributed by atoms with E-state index in [2.05, 4.69) is 5.32 Å². The third-order valence-electron chi connectivity index (χ3n) is 1.29. The molecule has 0 aromatic rings. The van der Waals surface area contributed by atoms with Gasteiger partial charge in [0.05, 0.1) is 5.84 Å². The summed E-state index contributed by atoms with van der Waals surface area (Å²) in [5.41, 5.74) is 0. The molecule has 1 heterocycles. The SMILES string of the molecule is CC1CC(=N)NC1=N. The van der Waals surface area contributed by atoms with Gasteiger partial charge < -0.3 is 5.32 Å². The predicted molar refractivity (Wildman–Crippen MR) is 32.4 cm³/mol. The lowest BCUT2D eigenvalue weighted by Crippen LogP contribution is -2.19. The van der Waals surface area contributed by atoms with Crippen LogP contribution in [0.2, 0.25) is 0 Å². The Kier molecular flexibility index (Phi) is 1.04. The summed E-state index contributed by atoms with van der Waals surface area (Å²) in [5, 5.41) is 16.8. The van der Waals surface area contributed by atoms with Crippen molar-refractivity contribution in [3.63, 3.8) is 0 Å². The maximum Gasteiger partial charge on any atom is 0.102 e. The quantitative estimate of drug-likeness (QED) is 0.420. The van der Waals surface area contributed by atoms with E-state index in [0.717, 1.165) is 0 Å². The van der Waals surface area contributed by atoms with Crippen molar-refractivity contribution in [3.8, 4) is 0 Å². The van der Waals surface area contributed by atoms with Crippen LogP contribution in [-0.4, -0.2) is 11.7 Å². The second-order valence-electron chi connectivity index (χ2n) is 2.12. The van der Waals surface area contributed by atoms with Gasteiger partial charge >= 0.3 is 0 Å². The van der Waals surface area contributed by atoms with E-state index in [1.54, 1.807) is 0 Å². The summed E-state index contributed by atoms with van der Waals surface area (Å²) in [6.45, 7) is 1.94. The highest BCUT2D eigenvalue weighted by Gasteiger charge is 2.19. The lowest BCUT2D eigenvalue weighted by molar-refractivity contribution is 0.834. The third-order valence-corrected chi connectivity index (χ3v) is 1.29. The van der Waals surface area contributed by atoms with Crippen LogP contribution < -0.4 is 5.32 Å². The molecule has 1 fully saturated rings. The minimum absolute atomic E-state index is 0.238. The molecule has 0 aliphatic carbocycles. The van der Waals surface area contributed by atoms with Crippen molar-refractivity contribution < 1.29 is 0 Å². The highest BCUT2D eigenvalue weighted by Crippen LogP contribution is 2.08. The Bertz CT molecular complexity index is 139. The van der Waals surface area contributed by atoms with Gasteiger partial charge in [0, 0.05) is 12.3 Å². The van der Waals surface area contributed by atoms with Gasteiger partial charge in [0.1, 0.15) is 5.84 Å². The van der Waals surface area contributed by atoms with Crippen LogP contribution in [0.15, 0.2) is 0 Å². The summed E-state index contributed by atoms with van der Waals surface area (Å²) in [6, 6.07) is 0. The summed E-state index contributed by atoms with van der Waals surface area (Å²) in [5.74, 6) is 1.19. The van der Waals surface area contributed by atoms with Gasteiger partial charge in [-0.15, -0.1) is 0 Å². The first kappa shape index (κ1) is 5.28. The van der Waals surface area contributed by atoms with Crippen LogP contribution in [0.3, 0.4) is 0 Å². The van der Waals surface area contributed by atoms with E-state index in [-0.39, 0.29) is 5.92 Å². The van der Waals surface area contributed by atoms with Crippen molar-refractivity contribution >= 4 is 11.7 Å². The van der Waals surface area contributed by atoms with Gasteiger partial charge in [0.15, 0.2) is 0 Å². The maximum absolute atomic E-state index is 7.13. The normalized spacial score (nSPS) is 28.4. The van der Waals surface area contributed by atoms with Gasteiger partial charge in [-0.1, -0.05) is 6.92 Å². The number of rotatable bonds is 0. The molecular formula is C5H9N3. The molecule has 44 valence electrons. The van der Waals surface area contributed by atoms with E-state index in [4.69, 9.17) is 10.8 Å². The molecule has 1 atom stereocenters. The molecule has 0 bridgehead atoms. The molecule has 0 aromatic carbocycles. The molecule has 1 aliphatic rings. The Balaban J connectivity index is 2.64. The van der Waals surface area contributed by atoms with Gasteiger partial charge in [-0.3, -0.25) is 10.8 Å². The predicted octanol–water partition coefficient (Wildman–Crippen LogP) is 0.570. The Labute approximate surface area is 48.1 Å². The smallest absolute Gasteiger partial charge is 0.102 e. The fourth-order valence-corrected chi connectivity index (χ4v) is 0.745. The van der Waals surface area contributed by atoms with Crippen LogP contribution in [0.1, 0.15) is 13.3 Å². The molecule has 0 saturated carbocycles. The van der Waals surface area contributed by atoms with E-state index >= 15 is 0 Å². The van der Waals surface area contributed by atoms with Crippen LogP contribution in [0.25, 0.3) is 0 Å². The summed E-state index contributed by atoms with van der Waals surface area (Å²) in [6.07, 6.45) is 0.707. The van der Waals surface area contributed by atoms with Crippen LogP contribution in [0.5, 0.6) is 0 Å². The molecule has 3 heteroatoms. The average Bonchev–Trinajstić information content (AvgIpc) is 1.85. The highest BCUT2D eigenvalue weighted by atomic mass is 15.0. The second kappa shape index (κ2) is 1.58. The summed E-state index contributed by atoms with van der Waals surface area (Å²) >= 11 is 0. The van der Waals surface area contributed by atoms with E-state index < -0.39 is 0 Å². The monoisotopic (exact) mass is 111 g/mol.